The zero-order valence-corrected chi connectivity index (χ0v) is 10.2. The summed E-state index contributed by atoms with van der Waals surface area (Å²) in [4.78, 5) is 14.1. The molecule has 1 saturated heterocycles. The van der Waals surface area contributed by atoms with Gasteiger partial charge in [-0.25, -0.2) is 0 Å². The number of nitrogens with one attached hydrogen (secondary N) is 1. The van der Waals surface area contributed by atoms with E-state index in [0.717, 1.165) is 31.1 Å². The molecule has 4 nitrogen and oxygen atoms in total. The number of thiophene rings is 1. The molecular weight excluding hydrogens is 248 g/mol. The molecule has 16 heavy (non-hydrogen) atoms. The second-order valence-corrected chi connectivity index (χ2v) is 5.42. The SMILES string of the molecule is O=C(O)C(c1ccc(Cl)s1)N1CCNCC1. The first kappa shape index (κ1) is 11.9. The van der Waals surface area contributed by atoms with Gasteiger partial charge in [0.2, 0.25) is 0 Å². The Kier molecular flexibility index (Phi) is 3.81. The van der Waals surface area contributed by atoms with Crippen LogP contribution in [-0.4, -0.2) is 42.2 Å². The van der Waals surface area contributed by atoms with Gasteiger partial charge in [0.25, 0.3) is 0 Å². The maximum atomic E-state index is 11.3. The molecule has 1 atom stereocenters. The van der Waals surface area contributed by atoms with Crippen molar-refractivity contribution in [2.45, 2.75) is 6.04 Å². The molecule has 88 valence electrons. The van der Waals surface area contributed by atoms with Crippen LogP contribution in [0.15, 0.2) is 12.1 Å². The van der Waals surface area contributed by atoms with E-state index in [9.17, 15) is 9.90 Å². The van der Waals surface area contributed by atoms with Gasteiger partial charge in [-0.2, -0.15) is 0 Å². The Balaban J connectivity index is 2.19. The molecule has 2 N–H and O–H groups in total. The topological polar surface area (TPSA) is 52.6 Å². The van der Waals surface area contributed by atoms with E-state index < -0.39 is 12.0 Å². The zero-order valence-electron chi connectivity index (χ0n) is 8.65. The summed E-state index contributed by atoms with van der Waals surface area (Å²) in [6.07, 6.45) is 0. The third kappa shape index (κ3) is 2.55. The number of rotatable bonds is 3. The third-order valence-corrected chi connectivity index (χ3v) is 3.90. The number of hydrogen-bond donors (Lipinski definition) is 2. The van der Waals surface area contributed by atoms with Crippen molar-refractivity contribution in [1.82, 2.24) is 10.2 Å². The van der Waals surface area contributed by atoms with Crippen molar-refractivity contribution >= 4 is 28.9 Å². The minimum Gasteiger partial charge on any atom is -0.480 e. The Morgan fingerprint density at radius 2 is 2.19 bits per heavy atom. The summed E-state index contributed by atoms with van der Waals surface area (Å²) in [6, 6.07) is 2.99. The number of aliphatic carboxylic acids is 1. The van der Waals surface area contributed by atoms with E-state index in [1.54, 1.807) is 12.1 Å². The molecule has 0 bridgehead atoms. The second-order valence-electron chi connectivity index (χ2n) is 3.67. The van der Waals surface area contributed by atoms with E-state index >= 15 is 0 Å². The van der Waals surface area contributed by atoms with Crippen LogP contribution >= 0.6 is 22.9 Å². The highest BCUT2D eigenvalue weighted by molar-refractivity contribution is 7.16. The maximum Gasteiger partial charge on any atom is 0.326 e. The van der Waals surface area contributed by atoms with Gasteiger partial charge in [-0.05, 0) is 12.1 Å². The molecule has 0 aliphatic carbocycles. The van der Waals surface area contributed by atoms with Gasteiger partial charge in [-0.1, -0.05) is 11.6 Å². The van der Waals surface area contributed by atoms with Crippen LogP contribution < -0.4 is 5.32 Å². The first-order valence-corrected chi connectivity index (χ1v) is 6.31. The van der Waals surface area contributed by atoms with Crippen LogP contribution in [0.1, 0.15) is 10.9 Å². The Bertz CT molecular complexity index is 377. The third-order valence-electron chi connectivity index (χ3n) is 2.61. The largest absolute Gasteiger partial charge is 0.480 e. The molecule has 2 rings (SSSR count). The van der Waals surface area contributed by atoms with Crippen LogP contribution in [-0.2, 0) is 4.79 Å². The van der Waals surface area contributed by atoms with Gasteiger partial charge in [0.1, 0.15) is 6.04 Å². The van der Waals surface area contributed by atoms with Gasteiger partial charge in [-0.15, -0.1) is 11.3 Å². The Labute approximate surface area is 103 Å². The minimum atomic E-state index is -0.805. The van der Waals surface area contributed by atoms with Gasteiger partial charge in [-0.3, -0.25) is 9.69 Å². The number of carbonyl (C=O) groups is 1. The van der Waals surface area contributed by atoms with Crippen molar-refractivity contribution in [3.8, 4) is 0 Å². The van der Waals surface area contributed by atoms with Crippen molar-refractivity contribution in [2.24, 2.45) is 0 Å². The van der Waals surface area contributed by atoms with E-state index in [-0.39, 0.29) is 0 Å². The lowest BCUT2D eigenvalue weighted by atomic mass is 10.2. The molecule has 2 heterocycles. The molecule has 1 aliphatic rings. The number of halogens is 1. The van der Waals surface area contributed by atoms with Crippen LogP contribution in [0.5, 0.6) is 0 Å². The normalized spacial score (nSPS) is 19.6. The van der Waals surface area contributed by atoms with Crippen LogP contribution in [0.2, 0.25) is 4.34 Å². The molecule has 1 unspecified atom stereocenters. The number of carboxylic acid groups (broad SMARTS) is 1. The zero-order chi connectivity index (χ0) is 11.5. The smallest absolute Gasteiger partial charge is 0.326 e. The summed E-state index contributed by atoms with van der Waals surface area (Å²) in [5.74, 6) is -0.805. The fraction of sp³-hybridized carbons (Fsp3) is 0.500. The molecule has 0 spiro atoms. The van der Waals surface area contributed by atoms with Crippen molar-refractivity contribution in [3.63, 3.8) is 0 Å². The Morgan fingerprint density at radius 3 is 2.69 bits per heavy atom. The lowest BCUT2D eigenvalue weighted by Crippen LogP contribution is -2.46. The van der Waals surface area contributed by atoms with Gasteiger partial charge in [0.15, 0.2) is 0 Å². The average molecular weight is 261 g/mol. The first-order chi connectivity index (χ1) is 7.68. The number of nitrogens with zero attached hydrogens (tertiary/aromatic N) is 1. The summed E-state index contributed by atoms with van der Waals surface area (Å²) in [5.41, 5.74) is 0. The van der Waals surface area contributed by atoms with Crippen LogP contribution in [0.25, 0.3) is 0 Å². The van der Waals surface area contributed by atoms with Crippen LogP contribution in [0, 0.1) is 0 Å². The number of carboxylic acids is 1. The second kappa shape index (κ2) is 5.14. The van der Waals surface area contributed by atoms with Gasteiger partial charge in [0.05, 0.1) is 4.34 Å². The standard InChI is InChI=1S/C10H13ClN2O2S/c11-8-2-1-7(16-8)9(10(14)15)13-5-3-12-4-6-13/h1-2,9,12H,3-6H2,(H,14,15). The number of hydrogen-bond acceptors (Lipinski definition) is 4. The fourth-order valence-electron chi connectivity index (χ4n) is 1.87. The fourth-order valence-corrected chi connectivity index (χ4v) is 3.06. The first-order valence-electron chi connectivity index (χ1n) is 5.11. The lowest BCUT2D eigenvalue weighted by molar-refractivity contribution is -0.143. The Morgan fingerprint density at radius 1 is 1.50 bits per heavy atom. The highest BCUT2D eigenvalue weighted by Crippen LogP contribution is 2.30. The predicted octanol–water partition coefficient (Wildman–Crippen LogP) is 1.43. The molecule has 1 aromatic heterocycles. The highest BCUT2D eigenvalue weighted by atomic mass is 35.5. The molecule has 0 amide bonds. The summed E-state index contributed by atoms with van der Waals surface area (Å²) in [6.45, 7) is 3.19. The molecule has 0 aromatic carbocycles. The van der Waals surface area contributed by atoms with E-state index in [1.807, 2.05) is 4.90 Å². The molecule has 0 radical (unpaired) electrons. The highest BCUT2D eigenvalue weighted by Gasteiger charge is 2.29. The summed E-state index contributed by atoms with van der Waals surface area (Å²) in [7, 11) is 0. The van der Waals surface area contributed by atoms with Crippen molar-refractivity contribution in [1.29, 1.82) is 0 Å². The molecule has 0 saturated carbocycles. The van der Waals surface area contributed by atoms with Gasteiger partial charge in [0, 0.05) is 31.1 Å². The minimum absolute atomic E-state index is 0.556. The van der Waals surface area contributed by atoms with Crippen LogP contribution in [0.4, 0.5) is 0 Å². The quantitative estimate of drug-likeness (QED) is 0.863. The molecule has 1 aliphatic heterocycles. The van der Waals surface area contributed by atoms with Crippen molar-refractivity contribution < 1.29 is 9.90 Å². The van der Waals surface area contributed by atoms with Crippen molar-refractivity contribution in [3.05, 3.63) is 21.3 Å². The molecule has 1 aromatic rings. The Hall–Kier alpha value is -0.620. The number of piperazine rings is 1. The van der Waals surface area contributed by atoms with E-state index in [4.69, 9.17) is 11.6 Å². The average Bonchev–Trinajstić information content (AvgIpc) is 2.66. The van der Waals surface area contributed by atoms with Crippen LogP contribution in [0.3, 0.4) is 0 Å². The molecular formula is C10H13ClN2O2S. The van der Waals surface area contributed by atoms with Gasteiger partial charge < -0.3 is 10.4 Å². The lowest BCUT2D eigenvalue weighted by Gasteiger charge is -2.31. The summed E-state index contributed by atoms with van der Waals surface area (Å²) in [5, 5.41) is 12.5. The maximum absolute atomic E-state index is 11.3. The predicted molar refractivity (Wildman–Crippen MR) is 64.1 cm³/mol. The summed E-state index contributed by atoms with van der Waals surface area (Å²) >= 11 is 7.18. The van der Waals surface area contributed by atoms with E-state index in [2.05, 4.69) is 5.32 Å². The molecule has 1 fully saturated rings. The van der Waals surface area contributed by atoms with E-state index in [1.165, 1.54) is 11.3 Å². The molecule has 6 heteroatoms. The van der Waals surface area contributed by atoms with Crippen molar-refractivity contribution in [2.75, 3.05) is 26.2 Å². The summed E-state index contributed by atoms with van der Waals surface area (Å²) < 4.78 is 0.636. The van der Waals surface area contributed by atoms with E-state index in [0.29, 0.717) is 4.34 Å². The monoisotopic (exact) mass is 260 g/mol. The van der Waals surface area contributed by atoms with Gasteiger partial charge >= 0.3 is 5.97 Å².